The minimum absolute atomic E-state index is 0.201. The van der Waals surface area contributed by atoms with E-state index in [1.54, 1.807) is 0 Å². The van der Waals surface area contributed by atoms with E-state index < -0.39 is 5.97 Å². The third-order valence-electron chi connectivity index (χ3n) is 2.02. The molecule has 0 radical (unpaired) electrons. The highest BCUT2D eigenvalue weighted by Gasteiger charge is 2.07. The summed E-state index contributed by atoms with van der Waals surface area (Å²) in [5, 5.41) is 8.60. The first kappa shape index (κ1) is 11.5. The zero-order chi connectivity index (χ0) is 10.6. The summed E-state index contributed by atoms with van der Waals surface area (Å²) < 4.78 is 1.21. The predicted octanol–water partition coefficient (Wildman–Crippen LogP) is 2.94. The Hall–Kier alpha value is -0.580. The second-order valence-electron chi connectivity index (χ2n) is 3.53. The van der Waals surface area contributed by atoms with Gasteiger partial charge >= 0.3 is 5.97 Å². The summed E-state index contributed by atoms with van der Waals surface area (Å²) in [4.78, 5) is 10.5. The van der Waals surface area contributed by atoms with Gasteiger partial charge in [-0.3, -0.25) is 4.79 Å². The first-order valence-corrected chi connectivity index (χ1v) is 5.62. The maximum Gasteiger partial charge on any atom is 0.303 e. The van der Waals surface area contributed by atoms with Crippen molar-refractivity contribution in [1.82, 2.24) is 0 Å². The molecule has 1 rings (SSSR count). The standard InChI is InChI=1S/C11H13IO2/c1-8(7-11(13)14)6-9-2-4-10(12)5-3-9/h2-5,8H,6-7H2,1H3,(H,13,14). The fourth-order valence-corrected chi connectivity index (χ4v) is 1.75. The highest BCUT2D eigenvalue weighted by atomic mass is 127. The van der Waals surface area contributed by atoms with Crippen LogP contribution in [0.1, 0.15) is 18.9 Å². The molecule has 0 spiro atoms. The molecule has 0 saturated heterocycles. The Morgan fingerprint density at radius 2 is 2.00 bits per heavy atom. The summed E-state index contributed by atoms with van der Waals surface area (Å²) >= 11 is 2.26. The molecule has 76 valence electrons. The van der Waals surface area contributed by atoms with E-state index in [-0.39, 0.29) is 12.3 Å². The van der Waals surface area contributed by atoms with E-state index in [0.29, 0.717) is 0 Å². The van der Waals surface area contributed by atoms with Gasteiger partial charge in [0.1, 0.15) is 0 Å². The van der Waals surface area contributed by atoms with Gasteiger partial charge in [0, 0.05) is 9.99 Å². The van der Waals surface area contributed by atoms with Crippen LogP contribution in [0.25, 0.3) is 0 Å². The Kier molecular flexibility index (Phi) is 4.38. The Labute approximate surface area is 97.5 Å². The number of benzene rings is 1. The summed E-state index contributed by atoms with van der Waals surface area (Å²) in [5.74, 6) is -0.518. The van der Waals surface area contributed by atoms with E-state index in [0.717, 1.165) is 6.42 Å². The lowest BCUT2D eigenvalue weighted by atomic mass is 9.98. The van der Waals surface area contributed by atoms with Crippen LogP contribution in [0.4, 0.5) is 0 Å². The molecule has 0 amide bonds. The van der Waals surface area contributed by atoms with Crippen molar-refractivity contribution >= 4 is 28.6 Å². The quantitative estimate of drug-likeness (QED) is 0.868. The Balaban J connectivity index is 2.51. The second kappa shape index (κ2) is 5.34. The molecule has 1 unspecified atom stereocenters. The summed E-state index contributed by atoms with van der Waals surface area (Å²) in [6.07, 6.45) is 1.08. The number of halogens is 1. The maximum absolute atomic E-state index is 10.5. The van der Waals surface area contributed by atoms with Crippen LogP contribution < -0.4 is 0 Å². The molecule has 1 N–H and O–H groups in total. The first-order chi connectivity index (χ1) is 6.58. The highest BCUT2D eigenvalue weighted by molar-refractivity contribution is 14.1. The van der Waals surface area contributed by atoms with Crippen molar-refractivity contribution in [3.8, 4) is 0 Å². The van der Waals surface area contributed by atoms with Gasteiger partial charge in [0.05, 0.1) is 0 Å². The normalized spacial score (nSPS) is 12.4. The van der Waals surface area contributed by atoms with Crippen molar-refractivity contribution in [3.63, 3.8) is 0 Å². The zero-order valence-corrected chi connectivity index (χ0v) is 10.2. The Bertz CT molecular complexity index is 306. The molecule has 0 aliphatic carbocycles. The molecule has 3 heteroatoms. The molecule has 1 aromatic rings. The van der Waals surface area contributed by atoms with Gasteiger partial charge in [-0.1, -0.05) is 19.1 Å². The third kappa shape index (κ3) is 4.09. The fraction of sp³-hybridized carbons (Fsp3) is 0.364. The Morgan fingerprint density at radius 3 is 2.50 bits per heavy atom. The van der Waals surface area contributed by atoms with Gasteiger partial charge in [0.2, 0.25) is 0 Å². The summed E-state index contributed by atoms with van der Waals surface area (Å²) in [6.45, 7) is 1.96. The van der Waals surface area contributed by atoms with E-state index in [4.69, 9.17) is 5.11 Å². The second-order valence-corrected chi connectivity index (χ2v) is 4.78. The van der Waals surface area contributed by atoms with E-state index in [1.165, 1.54) is 9.13 Å². The number of aliphatic carboxylic acids is 1. The van der Waals surface area contributed by atoms with Gasteiger partial charge in [-0.15, -0.1) is 0 Å². The van der Waals surface area contributed by atoms with Crippen LogP contribution >= 0.6 is 22.6 Å². The van der Waals surface area contributed by atoms with Crippen LogP contribution in [0.3, 0.4) is 0 Å². The minimum Gasteiger partial charge on any atom is -0.481 e. The van der Waals surface area contributed by atoms with Gasteiger partial charge in [-0.25, -0.2) is 0 Å². The largest absolute Gasteiger partial charge is 0.481 e. The monoisotopic (exact) mass is 304 g/mol. The first-order valence-electron chi connectivity index (χ1n) is 4.54. The van der Waals surface area contributed by atoms with Crippen molar-refractivity contribution in [2.24, 2.45) is 5.92 Å². The van der Waals surface area contributed by atoms with Crippen molar-refractivity contribution in [1.29, 1.82) is 0 Å². The molecule has 0 saturated carbocycles. The molecule has 0 aromatic heterocycles. The SMILES string of the molecule is CC(CC(=O)O)Cc1ccc(I)cc1. The molecule has 0 aliphatic rings. The number of carboxylic acid groups (broad SMARTS) is 1. The summed E-state index contributed by atoms with van der Waals surface area (Å²) in [5.41, 5.74) is 1.21. The number of rotatable bonds is 4. The lowest BCUT2D eigenvalue weighted by Gasteiger charge is -2.08. The maximum atomic E-state index is 10.5. The van der Waals surface area contributed by atoms with E-state index in [2.05, 4.69) is 34.7 Å². The van der Waals surface area contributed by atoms with Crippen molar-refractivity contribution in [3.05, 3.63) is 33.4 Å². The molecule has 2 nitrogen and oxygen atoms in total. The van der Waals surface area contributed by atoms with Crippen LogP contribution in [-0.4, -0.2) is 11.1 Å². The molecule has 14 heavy (non-hydrogen) atoms. The Morgan fingerprint density at radius 1 is 1.43 bits per heavy atom. The van der Waals surface area contributed by atoms with Crippen LogP contribution in [0, 0.1) is 9.49 Å². The molecule has 0 aliphatic heterocycles. The number of carbonyl (C=O) groups is 1. The van der Waals surface area contributed by atoms with Crippen LogP contribution in [0.2, 0.25) is 0 Å². The number of carboxylic acids is 1. The van der Waals surface area contributed by atoms with E-state index in [1.807, 2.05) is 19.1 Å². The zero-order valence-electron chi connectivity index (χ0n) is 8.03. The number of hydrogen-bond donors (Lipinski definition) is 1. The molecule has 0 heterocycles. The van der Waals surface area contributed by atoms with Gasteiger partial charge in [0.25, 0.3) is 0 Å². The number of hydrogen-bond acceptors (Lipinski definition) is 1. The summed E-state index contributed by atoms with van der Waals surface area (Å²) in [7, 11) is 0. The van der Waals surface area contributed by atoms with E-state index in [9.17, 15) is 4.79 Å². The summed E-state index contributed by atoms with van der Waals surface area (Å²) in [6, 6.07) is 8.20. The molecule has 1 aromatic carbocycles. The van der Waals surface area contributed by atoms with Gasteiger partial charge < -0.3 is 5.11 Å². The average Bonchev–Trinajstić information content (AvgIpc) is 2.07. The molecular weight excluding hydrogens is 291 g/mol. The van der Waals surface area contributed by atoms with E-state index >= 15 is 0 Å². The predicted molar refractivity (Wildman–Crippen MR) is 64.3 cm³/mol. The molecule has 0 bridgehead atoms. The molecule has 1 atom stereocenters. The molecule has 0 fully saturated rings. The van der Waals surface area contributed by atoms with Crippen molar-refractivity contribution in [2.45, 2.75) is 19.8 Å². The van der Waals surface area contributed by atoms with Crippen LogP contribution in [0.5, 0.6) is 0 Å². The lowest BCUT2D eigenvalue weighted by Crippen LogP contribution is -2.06. The van der Waals surface area contributed by atoms with Gasteiger partial charge in [-0.05, 0) is 52.6 Å². The highest BCUT2D eigenvalue weighted by Crippen LogP contribution is 2.13. The minimum atomic E-state index is -0.719. The smallest absolute Gasteiger partial charge is 0.303 e. The fourth-order valence-electron chi connectivity index (χ4n) is 1.39. The third-order valence-corrected chi connectivity index (χ3v) is 2.74. The topological polar surface area (TPSA) is 37.3 Å². The van der Waals surface area contributed by atoms with Gasteiger partial charge in [-0.2, -0.15) is 0 Å². The van der Waals surface area contributed by atoms with Crippen LogP contribution in [-0.2, 0) is 11.2 Å². The van der Waals surface area contributed by atoms with Gasteiger partial charge in [0.15, 0.2) is 0 Å². The molecular formula is C11H13IO2. The van der Waals surface area contributed by atoms with Crippen molar-refractivity contribution < 1.29 is 9.90 Å². The van der Waals surface area contributed by atoms with Crippen molar-refractivity contribution in [2.75, 3.05) is 0 Å². The van der Waals surface area contributed by atoms with Crippen LogP contribution in [0.15, 0.2) is 24.3 Å². The average molecular weight is 304 g/mol. The lowest BCUT2D eigenvalue weighted by molar-refractivity contribution is -0.137.